The number of rotatable bonds is 9. The van der Waals surface area contributed by atoms with Gasteiger partial charge in [0.05, 0.1) is 0 Å². The number of carbonyl (C=O) groups excluding carboxylic acids is 3. The summed E-state index contributed by atoms with van der Waals surface area (Å²) < 4.78 is 5.22. The summed E-state index contributed by atoms with van der Waals surface area (Å²) in [5.74, 6) is -0.760. The van der Waals surface area contributed by atoms with Gasteiger partial charge in [-0.05, 0) is 51.8 Å². The minimum absolute atomic E-state index is 0.0264. The molecule has 1 aromatic rings. The highest BCUT2D eigenvalue weighted by Gasteiger charge is 2.34. The van der Waals surface area contributed by atoms with Crippen LogP contribution < -0.4 is 10.6 Å². The van der Waals surface area contributed by atoms with E-state index in [1.54, 1.807) is 32.9 Å². The fraction of sp³-hybridized carbons (Fsp3) is 0.591. The predicted molar refractivity (Wildman–Crippen MR) is 123 cm³/mol. The van der Waals surface area contributed by atoms with Crippen molar-refractivity contribution in [2.24, 2.45) is 0 Å². The van der Waals surface area contributed by atoms with Gasteiger partial charge in [-0.15, -0.1) is 0 Å². The van der Waals surface area contributed by atoms with Gasteiger partial charge in [0.25, 0.3) is 0 Å². The minimum Gasteiger partial charge on any atom is -0.508 e. The Morgan fingerprint density at radius 3 is 2.23 bits per heavy atom. The lowest BCUT2D eigenvalue weighted by Crippen LogP contribution is -2.53. The molecule has 3 atom stereocenters. The highest BCUT2D eigenvalue weighted by atomic mass is 32.1. The van der Waals surface area contributed by atoms with Gasteiger partial charge in [-0.25, -0.2) is 4.79 Å². The number of phenolic OH excluding ortho intramolecular Hbond substituents is 1. The molecule has 0 aliphatic heterocycles. The van der Waals surface area contributed by atoms with Crippen LogP contribution in [0.15, 0.2) is 24.3 Å². The Bertz CT molecular complexity index is 749. The van der Waals surface area contributed by atoms with Crippen molar-refractivity contribution in [3.8, 4) is 5.75 Å². The summed E-state index contributed by atoms with van der Waals surface area (Å²) in [6, 6.07) is 4.09. The Kier molecular flexibility index (Phi) is 10.2. The molecule has 0 aliphatic rings. The van der Waals surface area contributed by atoms with Crippen LogP contribution in [0, 0.1) is 0 Å². The minimum atomic E-state index is -0.983. The van der Waals surface area contributed by atoms with E-state index in [4.69, 9.17) is 4.74 Å². The van der Waals surface area contributed by atoms with E-state index in [0.29, 0.717) is 5.56 Å². The fourth-order valence-electron chi connectivity index (χ4n) is 3.04. The van der Waals surface area contributed by atoms with Crippen LogP contribution in [-0.2, 0) is 14.3 Å². The summed E-state index contributed by atoms with van der Waals surface area (Å²) in [7, 11) is 1.50. The molecule has 0 saturated heterocycles. The first-order chi connectivity index (χ1) is 14.4. The standard InChI is InChI=1S/C22H35N3O5S/c1-7-8-14(2)23-19(27)18(15-9-11-16(26)12-10-15)25(6)20(28)17(13-31)24-21(29)30-22(3,4)5/h9-12,14,17-18,26,31H,7-8,13H2,1-6H3,(H,23,27)(H,24,29). The van der Waals surface area contributed by atoms with Crippen LogP contribution in [0.25, 0.3) is 0 Å². The molecular formula is C22H35N3O5S. The number of likely N-dealkylation sites (N-methyl/N-ethyl adjacent to an activating group) is 1. The molecule has 3 amide bonds. The van der Waals surface area contributed by atoms with E-state index >= 15 is 0 Å². The van der Waals surface area contributed by atoms with Crippen LogP contribution in [0.4, 0.5) is 4.79 Å². The maximum atomic E-state index is 13.2. The molecular weight excluding hydrogens is 418 g/mol. The molecule has 174 valence electrons. The summed E-state index contributed by atoms with van der Waals surface area (Å²) >= 11 is 4.19. The topological polar surface area (TPSA) is 108 Å². The summed E-state index contributed by atoms with van der Waals surface area (Å²) in [5, 5.41) is 15.1. The van der Waals surface area contributed by atoms with E-state index in [2.05, 4.69) is 23.3 Å². The molecule has 0 fully saturated rings. The number of amides is 3. The maximum Gasteiger partial charge on any atom is 0.408 e. The van der Waals surface area contributed by atoms with Gasteiger partial charge in [0.2, 0.25) is 11.8 Å². The van der Waals surface area contributed by atoms with Crippen LogP contribution >= 0.6 is 12.6 Å². The van der Waals surface area contributed by atoms with Gasteiger partial charge >= 0.3 is 6.09 Å². The highest BCUT2D eigenvalue weighted by molar-refractivity contribution is 7.80. The summed E-state index contributed by atoms with van der Waals surface area (Å²) in [5.41, 5.74) is -0.186. The van der Waals surface area contributed by atoms with Crippen molar-refractivity contribution in [2.45, 2.75) is 71.2 Å². The summed E-state index contributed by atoms with van der Waals surface area (Å²) in [6.07, 6.45) is 0.961. The van der Waals surface area contributed by atoms with Crippen LogP contribution in [0.2, 0.25) is 0 Å². The van der Waals surface area contributed by atoms with E-state index in [1.807, 2.05) is 13.8 Å². The zero-order chi connectivity index (χ0) is 23.8. The van der Waals surface area contributed by atoms with Gasteiger partial charge in [-0.2, -0.15) is 12.6 Å². The third kappa shape index (κ3) is 8.69. The first-order valence-electron chi connectivity index (χ1n) is 10.4. The molecule has 8 nitrogen and oxygen atoms in total. The number of carbonyl (C=O) groups is 3. The smallest absolute Gasteiger partial charge is 0.408 e. The average molecular weight is 454 g/mol. The lowest BCUT2D eigenvalue weighted by molar-refractivity contribution is -0.140. The molecule has 0 aromatic heterocycles. The van der Waals surface area contributed by atoms with Crippen molar-refractivity contribution in [2.75, 3.05) is 12.8 Å². The number of hydrogen-bond donors (Lipinski definition) is 4. The van der Waals surface area contributed by atoms with E-state index in [0.717, 1.165) is 12.8 Å². The molecule has 1 rings (SSSR count). The van der Waals surface area contributed by atoms with Crippen LogP contribution in [-0.4, -0.2) is 58.4 Å². The number of ether oxygens (including phenoxy) is 1. The van der Waals surface area contributed by atoms with Gasteiger partial charge < -0.3 is 25.4 Å². The second-order valence-electron chi connectivity index (χ2n) is 8.52. The third-order valence-electron chi connectivity index (χ3n) is 4.47. The lowest BCUT2D eigenvalue weighted by Gasteiger charge is -2.32. The Morgan fingerprint density at radius 2 is 1.74 bits per heavy atom. The third-order valence-corrected chi connectivity index (χ3v) is 4.84. The van der Waals surface area contributed by atoms with Crippen molar-refractivity contribution in [3.63, 3.8) is 0 Å². The molecule has 0 aliphatic carbocycles. The van der Waals surface area contributed by atoms with Gasteiger partial charge in [-0.3, -0.25) is 9.59 Å². The van der Waals surface area contributed by atoms with Crippen molar-refractivity contribution in [1.29, 1.82) is 0 Å². The van der Waals surface area contributed by atoms with Crippen molar-refractivity contribution < 1.29 is 24.2 Å². The lowest BCUT2D eigenvalue weighted by atomic mass is 10.0. The van der Waals surface area contributed by atoms with E-state index in [-0.39, 0.29) is 23.5 Å². The largest absolute Gasteiger partial charge is 0.508 e. The van der Waals surface area contributed by atoms with Crippen LogP contribution in [0.3, 0.4) is 0 Å². The molecule has 3 N–H and O–H groups in total. The molecule has 0 heterocycles. The number of nitrogens with zero attached hydrogens (tertiary/aromatic N) is 1. The van der Waals surface area contributed by atoms with Crippen molar-refractivity contribution >= 4 is 30.5 Å². The average Bonchev–Trinajstić information content (AvgIpc) is 2.65. The molecule has 31 heavy (non-hydrogen) atoms. The van der Waals surface area contributed by atoms with Gasteiger partial charge in [0.15, 0.2) is 0 Å². The molecule has 1 aromatic carbocycles. The predicted octanol–water partition coefficient (Wildman–Crippen LogP) is 3.02. The van der Waals surface area contributed by atoms with Crippen LogP contribution in [0.5, 0.6) is 5.75 Å². The summed E-state index contributed by atoms with van der Waals surface area (Å²) in [4.78, 5) is 39.6. The fourth-order valence-corrected chi connectivity index (χ4v) is 3.29. The van der Waals surface area contributed by atoms with Gasteiger partial charge in [0.1, 0.15) is 23.4 Å². The van der Waals surface area contributed by atoms with E-state index < -0.39 is 29.7 Å². The molecule has 0 saturated carbocycles. The SMILES string of the molecule is CCCC(C)NC(=O)C(c1ccc(O)cc1)N(C)C(=O)C(CS)NC(=O)OC(C)(C)C. The zero-order valence-corrected chi connectivity index (χ0v) is 20.0. The Hall–Kier alpha value is -2.42. The van der Waals surface area contributed by atoms with Gasteiger partial charge in [0, 0.05) is 18.8 Å². The van der Waals surface area contributed by atoms with E-state index in [1.165, 1.54) is 24.1 Å². The zero-order valence-electron chi connectivity index (χ0n) is 19.1. The quantitative estimate of drug-likeness (QED) is 0.430. The Morgan fingerprint density at radius 1 is 1.16 bits per heavy atom. The Balaban J connectivity index is 3.12. The number of benzene rings is 1. The normalized spacial score (nSPS) is 14.2. The molecule has 0 spiro atoms. The van der Waals surface area contributed by atoms with Crippen LogP contribution in [0.1, 0.15) is 59.1 Å². The van der Waals surface area contributed by atoms with Gasteiger partial charge in [-0.1, -0.05) is 25.5 Å². The number of thiol groups is 1. The molecule has 0 bridgehead atoms. The Labute approximate surface area is 190 Å². The number of alkyl carbamates (subject to hydrolysis) is 1. The van der Waals surface area contributed by atoms with E-state index in [9.17, 15) is 19.5 Å². The molecule has 0 radical (unpaired) electrons. The van der Waals surface area contributed by atoms with Crippen molar-refractivity contribution in [3.05, 3.63) is 29.8 Å². The number of phenols is 1. The van der Waals surface area contributed by atoms with Crippen molar-refractivity contribution in [1.82, 2.24) is 15.5 Å². The maximum absolute atomic E-state index is 13.2. The summed E-state index contributed by atoms with van der Waals surface area (Å²) in [6.45, 7) is 9.09. The highest BCUT2D eigenvalue weighted by Crippen LogP contribution is 2.23. The molecule has 9 heteroatoms. The second-order valence-corrected chi connectivity index (χ2v) is 8.89. The first-order valence-corrected chi connectivity index (χ1v) is 11.0. The number of hydrogen-bond acceptors (Lipinski definition) is 6. The monoisotopic (exact) mass is 453 g/mol. The number of aromatic hydroxyl groups is 1. The second kappa shape index (κ2) is 11.8. The number of nitrogens with one attached hydrogen (secondary N) is 2. The first kappa shape index (κ1) is 26.6. The molecule has 3 unspecified atom stereocenters.